The molecular formula is C18H24N4OS. The highest BCUT2D eigenvalue weighted by molar-refractivity contribution is 8.00. The predicted octanol–water partition coefficient (Wildman–Crippen LogP) is 3.44. The number of thioether (sulfide) groups is 1. The van der Waals surface area contributed by atoms with Crippen molar-refractivity contribution in [2.24, 2.45) is 5.92 Å². The molecular weight excluding hydrogens is 320 g/mol. The fourth-order valence-electron chi connectivity index (χ4n) is 3.06. The number of carbonyl (C=O) groups excluding carboxylic acids is 1. The molecule has 1 saturated carbocycles. The SMILES string of the molecule is CC(Sc1nncn1-c1ccccc1)C(=O)NCC1CCCCC1. The zero-order valence-electron chi connectivity index (χ0n) is 14.0. The van der Waals surface area contributed by atoms with E-state index in [0.29, 0.717) is 5.92 Å². The lowest BCUT2D eigenvalue weighted by molar-refractivity contribution is -0.120. The van der Waals surface area contributed by atoms with Crippen molar-refractivity contribution in [3.63, 3.8) is 0 Å². The van der Waals surface area contributed by atoms with E-state index in [-0.39, 0.29) is 11.2 Å². The molecule has 0 spiro atoms. The molecule has 3 rings (SSSR count). The molecule has 1 unspecified atom stereocenters. The third-order valence-corrected chi connectivity index (χ3v) is 5.55. The van der Waals surface area contributed by atoms with Crippen LogP contribution in [0.1, 0.15) is 39.0 Å². The monoisotopic (exact) mass is 344 g/mol. The number of rotatable bonds is 6. The van der Waals surface area contributed by atoms with Crippen LogP contribution in [0.3, 0.4) is 0 Å². The van der Waals surface area contributed by atoms with Gasteiger partial charge in [0, 0.05) is 12.2 Å². The van der Waals surface area contributed by atoms with Gasteiger partial charge in [-0.1, -0.05) is 49.2 Å². The van der Waals surface area contributed by atoms with Gasteiger partial charge in [-0.25, -0.2) is 0 Å². The number of benzene rings is 1. The summed E-state index contributed by atoms with van der Waals surface area (Å²) in [4.78, 5) is 12.4. The van der Waals surface area contributed by atoms with Gasteiger partial charge in [0.15, 0.2) is 5.16 Å². The molecule has 2 aromatic rings. The minimum atomic E-state index is -0.194. The number of carbonyl (C=O) groups is 1. The summed E-state index contributed by atoms with van der Waals surface area (Å²) >= 11 is 1.44. The lowest BCUT2D eigenvalue weighted by atomic mass is 9.89. The summed E-state index contributed by atoms with van der Waals surface area (Å²) < 4.78 is 1.91. The Bertz CT molecular complexity index is 652. The van der Waals surface area contributed by atoms with Crippen LogP contribution in [0.4, 0.5) is 0 Å². The number of nitrogens with one attached hydrogen (secondary N) is 1. The van der Waals surface area contributed by atoms with Crippen LogP contribution in [0.15, 0.2) is 41.8 Å². The van der Waals surface area contributed by atoms with E-state index >= 15 is 0 Å². The minimum Gasteiger partial charge on any atom is -0.355 e. The van der Waals surface area contributed by atoms with E-state index in [9.17, 15) is 4.79 Å². The molecule has 5 nitrogen and oxygen atoms in total. The molecule has 0 radical (unpaired) electrons. The quantitative estimate of drug-likeness (QED) is 0.816. The van der Waals surface area contributed by atoms with E-state index in [1.54, 1.807) is 6.33 Å². The first-order chi connectivity index (χ1) is 11.7. The van der Waals surface area contributed by atoms with Crippen LogP contribution in [0.2, 0.25) is 0 Å². The van der Waals surface area contributed by atoms with Crippen LogP contribution in [0.5, 0.6) is 0 Å². The molecule has 1 fully saturated rings. The molecule has 1 aliphatic rings. The van der Waals surface area contributed by atoms with Crippen molar-refractivity contribution in [1.29, 1.82) is 0 Å². The van der Waals surface area contributed by atoms with Crippen LogP contribution in [0.25, 0.3) is 5.69 Å². The largest absolute Gasteiger partial charge is 0.355 e. The maximum Gasteiger partial charge on any atom is 0.233 e. The standard InChI is InChI=1S/C18H24N4OS/c1-14(17(23)19-12-15-8-4-2-5-9-15)24-18-21-20-13-22(18)16-10-6-3-7-11-16/h3,6-7,10-11,13-15H,2,4-5,8-9,12H2,1H3,(H,19,23). The summed E-state index contributed by atoms with van der Waals surface area (Å²) in [5.41, 5.74) is 1.000. The number of para-hydroxylation sites is 1. The number of amides is 1. The van der Waals surface area contributed by atoms with Crippen molar-refractivity contribution < 1.29 is 4.79 Å². The molecule has 1 aromatic carbocycles. The molecule has 0 saturated heterocycles. The van der Waals surface area contributed by atoms with E-state index < -0.39 is 0 Å². The Hall–Kier alpha value is -1.82. The molecule has 128 valence electrons. The molecule has 0 bridgehead atoms. The van der Waals surface area contributed by atoms with Crippen LogP contribution in [-0.4, -0.2) is 32.5 Å². The third kappa shape index (κ3) is 4.38. The van der Waals surface area contributed by atoms with Gasteiger partial charge >= 0.3 is 0 Å². The van der Waals surface area contributed by atoms with Crippen LogP contribution in [-0.2, 0) is 4.79 Å². The van der Waals surface area contributed by atoms with E-state index in [4.69, 9.17) is 0 Å². The Labute approximate surface area is 147 Å². The summed E-state index contributed by atoms with van der Waals surface area (Å²) in [7, 11) is 0. The van der Waals surface area contributed by atoms with Crippen LogP contribution < -0.4 is 5.32 Å². The summed E-state index contributed by atoms with van der Waals surface area (Å²) in [6.45, 7) is 2.72. The Kier molecular flexibility index (Phi) is 5.91. The summed E-state index contributed by atoms with van der Waals surface area (Å²) in [5, 5.41) is 11.8. The first kappa shape index (κ1) is 17.0. The Morgan fingerprint density at radius 1 is 1.29 bits per heavy atom. The maximum absolute atomic E-state index is 12.4. The van der Waals surface area contributed by atoms with E-state index in [1.165, 1.54) is 43.9 Å². The second-order valence-corrected chi connectivity index (χ2v) is 7.64. The van der Waals surface area contributed by atoms with Crippen molar-refractivity contribution in [3.05, 3.63) is 36.7 Å². The van der Waals surface area contributed by atoms with Gasteiger partial charge in [0.1, 0.15) is 6.33 Å². The van der Waals surface area contributed by atoms with Gasteiger partial charge in [-0.3, -0.25) is 9.36 Å². The summed E-state index contributed by atoms with van der Waals surface area (Å²) in [6.07, 6.45) is 8.10. The molecule has 6 heteroatoms. The number of aromatic nitrogens is 3. The zero-order valence-corrected chi connectivity index (χ0v) is 14.8. The fourth-order valence-corrected chi connectivity index (χ4v) is 3.93. The third-order valence-electron chi connectivity index (χ3n) is 4.49. The van der Waals surface area contributed by atoms with Crippen molar-refractivity contribution in [1.82, 2.24) is 20.1 Å². The molecule has 0 aliphatic heterocycles. The van der Waals surface area contributed by atoms with Crippen molar-refractivity contribution >= 4 is 17.7 Å². The van der Waals surface area contributed by atoms with Crippen LogP contribution in [0, 0.1) is 5.92 Å². The van der Waals surface area contributed by atoms with Crippen LogP contribution >= 0.6 is 11.8 Å². The van der Waals surface area contributed by atoms with Crippen molar-refractivity contribution in [3.8, 4) is 5.69 Å². The fraction of sp³-hybridized carbons (Fsp3) is 0.500. The van der Waals surface area contributed by atoms with Gasteiger partial charge < -0.3 is 5.32 Å². The second-order valence-electron chi connectivity index (χ2n) is 6.33. The van der Waals surface area contributed by atoms with Gasteiger partial charge in [0.2, 0.25) is 5.91 Å². The molecule has 1 amide bonds. The van der Waals surface area contributed by atoms with E-state index in [2.05, 4.69) is 15.5 Å². The molecule has 1 heterocycles. The zero-order chi connectivity index (χ0) is 16.8. The summed E-state index contributed by atoms with van der Waals surface area (Å²) in [6, 6.07) is 9.93. The van der Waals surface area contributed by atoms with Gasteiger partial charge in [-0.05, 0) is 37.8 Å². The molecule has 24 heavy (non-hydrogen) atoms. The number of hydrogen-bond acceptors (Lipinski definition) is 4. The highest BCUT2D eigenvalue weighted by Gasteiger charge is 2.20. The second kappa shape index (κ2) is 8.33. The average molecular weight is 344 g/mol. The maximum atomic E-state index is 12.4. The smallest absolute Gasteiger partial charge is 0.233 e. The first-order valence-corrected chi connectivity index (χ1v) is 9.52. The normalized spacial score (nSPS) is 16.7. The van der Waals surface area contributed by atoms with E-state index in [1.807, 2.05) is 41.8 Å². The number of hydrogen-bond donors (Lipinski definition) is 1. The van der Waals surface area contributed by atoms with E-state index in [0.717, 1.165) is 17.4 Å². The van der Waals surface area contributed by atoms with Gasteiger partial charge in [-0.15, -0.1) is 10.2 Å². The summed E-state index contributed by atoms with van der Waals surface area (Å²) in [5.74, 6) is 0.723. The topological polar surface area (TPSA) is 59.8 Å². The van der Waals surface area contributed by atoms with Gasteiger partial charge in [0.25, 0.3) is 0 Å². The Balaban J connectivity index is 1.56. The first-order valence-electron chi connectivity index (χ1n) is 8.64. The lowest BCUT2D eigenvalue weighted by Gasteiger charge is -2.22. The molecule has 1 aromatic heterocycles. The highest BCUT2D eigenvalue weighted by atomic mass is 32.2. The predicted molar refractivity (Wildman–Crippen MR) is 96.3 cm³/mol. The van der Waals surface area contributed by atoms with Crippen molar-refractivity contribution in [2.45, 2.75) is 49.4 Å². The molecule has 1 N–H and O–H groups in total. The van der Waals surface area contributed by atoms with Crippen molar-refractivity contribution in [2.75, 3.05) is 6.54 Å². The van der Waals surface area contributed by atoms with Gasteiger partial charge in [0.05, 0.1) is 5.25 Å². The molecule has 1 aliphatic carbocycles. The lowest BCUT2D eigenvalue weighted by Crippen LogP contribution is -2.35. The molecule has 1 atom stereocenters. The highest BCUT2D eigenvalue weighted by Crippen LogP contribution is 2.25. The average Bonchev–Trinajstić information content (AvgIpc) is 3.09. The number of nitrogens with zero attached hydrogens (tertiary/aromatic N) is 3. The minimum absolute atomic E-state index is 0.0770. The Morgan fingerprint density at radius 3 is 2.79 bits per heavy atom. The Morgan fingerprint density at radius 2 is 2.04 bits per heavy atom. The van der Waals surface area contributed by atoms with Gasteiger partial charge in [-0.2, -0.15) is 0 Å².